The van der Waals surface area contributed by atoms with Crippen LogP contribution in [0.1, 0.15) is 31.2 Å². The maximum Gasteiger partial charge on any atom is 0.157 e. The number of halogens is 1. The number of rotatable bonds is 6. The Bertz CT molecular complexity index is 388. The lowest BCUT2D eigenvalue weighted by Gasteiger charge is -2.28. The van der Waals surface area contributed by atoms with Crippen LogP contribution in [0.5, 0.6) is 0 Å². The Hall–Kier alpha value is -0.900. The number of ketones is 1. The van der Waals surface area contributed by atoms with E-state index in [4.69, 9.17) is 5.11 Å². The molecule has 1 aliphatic carbocycles. The number of hydrogen-bond acceptors (Lipinski definition) is 3. The van der Waals surface area contributed by atoms with Gasteiger partial charge in [-0.25, -0.2) is 0 Å². The molecular weight excluding hydrogens is 262 g/mol. The Labute approximate surface area is 120 Å². The van der Waals surface area contributed by atoms with Crippen LogP contribution in [0.4, 0.5) is 0 Å². The molecule has 0 aliphatic heterocycles. The standard InChI is InChI=1S/C15H21NO2.ClH/c17-11-10-16-12-14(18)15(8-4-5-9-15)13-6-2-1-3-7-13;/h1-3,6-7,16-17H,4-5,8-12H2;1H. The van der Waals surface area contributed by atoms with E-state index in [1.54, 1.807) is 0 Å². The highest BCUT2D eigenvalue weighted by molar-refractivity contribution is 5.92. The van der Waals surface area contributed by atoms with Gasteiger partial charge < -0.3 is 10.4 Å². The number of aliphatic hydroxyl groups excluding tert-OH is 1. The van der Waals surface area contributed by atoms with Crippen LogP contribution in [-0.2, 0) is 10.2 Å². The van der Waals surface area contributed by atoms with Gasteiger partial charge in [-0.1, -0.05) is 43.2 Å². The van der Waals surface area contributed by atoms with Gasteiger partial charge >= 0.3 is 0 Å². The lowest BCUT2D eigenvalue weighted by atomic mass is 9.75. The Kier molecular flexibility index (Phi) is 6.49. The van der Waals surface area contributed by atoms with Crippen molar-refractivity contribution in [3.63, 3.8) is 0 Å². The third-order valence-electron chi connectivity index (χ3n) is 3.89. The van der Waals surface area contributed by atoms with Crippen molar-refractivity contribution in [2.75, 3.05) is 19.7 Å². The van der Waals surface area contributed by atoms with Crippen LogP contribution in [0.2, 0.25) is 0 Å². The average Bonchev–Trinajstić information content (AvgIpc) is 2.90. The van der Waals surface area contributed by atoms with Crippen LogP contribution in [0.15, 0.2) is 30.3 Å². The Morgan fingerprint density at radius 1 is 1.21 bits per heavy atom. The van der Waals surface area contributed by atoms with Gasteiger partial charge in [0.2, 0.25) is 0 Å². The minimum absolute atomic E-state index is 0. The Morgan fingerprint density at radius 2 is 1.84 bits per heavy atom. The van der Waals surface area contributed by atoms with E-state index in [1.165, 1.54) is 0 Å². The molecule has 0 aromatic heterocycles. The summed E-state index contributed by atoms with van der Waals surface area (Å²) in [5.74, 6) is 0.264. The van der Waals surface area contributed by atoms with Gasteiger partial charge in [0.25, 0.3) is 0 Å². The second kappa shape index (κ2) is 7.63. The van der Waals surface area contributed by atoms with Crippen LogP contribution >= 0.6 is 12.4 Å². The van der Waals surface area contributed by atoms with Crippen LogP contribution in [0.25, 0.3) is 0 Å². The molecule has 4 heteroatoms. The van der Waals surface area contributed by atoms with E-state index < -0.39 is 0 Å². The second-order valence-corrected chi connectivity index (χ2v) is 4.98. The molecule has 0 atom stereocenters. The fourth-order valence-corrected chi connectivity index (χ4v) is 2.91. The summed E-state index contributed by atoms with van der Waals surface area (Å²) < 4.78 is 0. The molecule has 1 aromatic carbocycles. The van der Waals surface area contributed by atoms with Crippen molar-refractivity contribution in [2.45, 2.75) is 31.1 Å². The van der Waals surface area contributed by atoms with Gasteiger partial charge in [-0.2, -0.15) is 0 Å². The minimum atomic E-state index is -0.288. The quantitative estimate of drug-likeness (QED) is 0.786. The molecular formula is C15H22ClNO2. The van der Waals surface area contributed by atoms with Crippen molar-refractivity contribution in [1.29, 1.82) is 0 Å². The topological polar surface area (TPSA) is 49.3 Å². The van der Waals surface area contributed by atoms with E-state index in [0.717, 1.165) is 31.2 Å². The molecule has 2 rings (SSSR count). The van der Waals surface area contributed by atoms with Crippen LogP contribution in [0, 0.1) is 0 Å². The van der Waals surface area contributed by atoms with Gasteiger partial charge in [-0.05, 0) is 18.4 Å². The van der Waals surface area contributed by atoms with Crippen molar-refractivity contribution in [3.05, 3.63) is 35.9 Å². The van der Waals surface area contributed by atoms with E-state index in [9.17, 15) is 4.79 Å². The van der Waals surface area contributed by atoms with Gasteiger partial charge in [-0.15, -0.1) is 12.4 Å². The number of nitrogens with one attached hydrogen (secondary N) is 1. The van der Waals surface area contributed by atoms with Crippen molar-refractivity contribution >= 4 is 18.2 Å². The molecule has 0 bridgehead atoms. The fourth-order valence-electron chi connectivity index (χ4n) is 2.91. The summed E-state index contributed by atoms with van der Waals surface area (Å²) in [7, 11) is 0. The van der Waals surface area contributed by atoms with Crippen LogP contribution in [-0.4, -0.2) is 30.6 Å². The summed E-state index contributed by atoms with van der Waals surface area (Å²) in [4.78, 5) is 12.5. The predicted molar refractivity (Wildman–Crippen MR) is 78.8 cm³/mol. The summed E-state index contributed by atoms with van der Waals surface area (Å²) in [6.45, 7) is 0.914. The molecule has 2 N–H and O–H groups in total. The number of Topliss-reactive ketones (excluding diaryl/α,β-unsaturated/α-hetero) is 1. The van der Waals surface area contributed by atoms with Crippen molar-refractivity contribution in [1.82, 2.24) is 5.32 Å². The summed E-state index contributed by atoms with van der Waals surface area (Å²) in [5.41, 5.74) is 0.863. The lowest BCUT2D eigenvalue weighted by Crippen LogP contribution is -2.40. The molecule has 0 amide bonds. The van der Waals surface area contributed by atoms with Crippen molar-refractivity contribution in [3.8, 4) is 0 Å². The highest BCUT2D eigenvalue weighted by Gasteiger charge is 2.41. The zero-order valence-corrected chi connectivity index (χ0v) is 11.9. The monoisotopic (exact) mass is 283 g/mol. The zero-order valence-electron chi connectivity index (χ0n) is 11.1. The smallest absolute Gasteiger partial charge is 0.157 e. The Balaban J connectivity index is 0.00000180. The van der Waals surface area contributed by atoms with Crippen LogP contribution in [0.3, 0.4) is 0 Å². The summed E-state index contributed by atoms with van der Waals surface area (Å²) in [5, 5.41) is 11.8. The Morgan fingerprint density at radius 3 is 2.42 bits per heavy atom. The molecule has 1 fully saturated rings. The van der Waals surface area contributed by atoms with Crippen molar-refractivity contribution < 1.29 is 9.90 Å². The fraction of sp³-hybridized carbons (Fsp3) is 0.533. The van der Waals surface area contributed by atoms with E-state index in [-0.39, 0.29) is 30.2 Å². The highest BCUT2D eigenvalue weighted by Crippen LogP contribution is 2.41. The first kappa shape index (κ1) is 16.2. The molecule has 1 aliphatic rings. The minimum Gasteiger partial charge on any atom is -0.395 e. The summed E-state index contributed by atoms with van der Waals surface area (Å²) >= 11 is 0. The average molecular weight is 284 g/mol. The molecule has 106 valence electrons. The normalized spacial score (nSPS) is 16.9. The third-order valence-corrected chi connectivity index (χ3v) is 3.89. The predicted octanol–water partition coefficient (Wildman–Crippen LogP) is 2.07. The third kappa shape index (κ3) is 3.56. The number of aliphatic hydroxyl groups is 1. The lowest BCUT2D eigenvalue weighted by molar-refractivity contribution is -0.123. The first-order valence-electron chi connectivity index (χ1n) is 6.70. The molecule has 19 heavy (non-hydrogen) atoms. The largest absolute Gasteiger partial charge is 0.395 e. The maximum absolute atomic E-state index is 12.5. The maximum atomic E-state index is 12.5. The van der Waals surface area contributed by atoms with Gasteiger partial charge in [0.15, 0.2) is 5.78 Å². The van der Waals surface area contributed by atoms with Gasteiger partial charge in [0.1, 0.15) is 0 Å². The molecule has 0 radical (unpaired) electrons. The van der Waals surface area contributed by atoms with Crippen molar-refractivity contribution in [2.24, 2.45) is 0 Å². The summed E-state index contributed by atoms with van der Waals surface area (Å²) in [6.07, 6.45) is 4.16. The zero-order chi connectivity index (χ0) is 12.8. The number of carbonyl (C=O) groups excluding carboxylic acids is 1. The highest BCUT2D eigenvalue weighted by atomic mass is 35.5. The van der Waals surface area contributed by atoms with Gasteiger partial charge in [0, 0.05) is 6.54 Å². The number of benzene rings is 1. The molecule has 1 saturated carbocycles. The van der Waals surface area contributed by atoms with Gasteiger partial charge in [0.05, 0.1) is 18.6 Å². The molecule has 3 nitrogen and oxygen atoms in total. The number of carbonyl (C=O) groups is 1. The van der Waals surface area contributed by atoms with E-state index >= 15 is 0 Å². The molecule has 0 saturated heterocycles. The molecule has 0 heterocycles. The van der Waals surface area contributed by atoms with Gasteiger partial charge in [-0.3, -0.25) is 4.79 Å². The van der Waals surface area contributed by atoms with E-state index in [0.29, 0.717) is 13.1 Å². The van der Waals surface area contributed by atoms with E-state index in [2.05, 4.69) is 17.4 Å². The molecule has 1 aromatic rings. The first-order valence-corrected chi connectivity index (χ1v) is 6.70. The molecule has 0 unspecified atom stereocenters. The first-order chi connectivity index (χ1) is 8.79. The van der Waals surface area contributed by atoms with Crippen LogP contribution < -0.4 is 5.32 Å². The second-order valence-electron chi connectivity index (χ2n) is 4.98. The van der Waals surface area contributed by atoms with E-state index in [1.807, 2.05) is 18.2 Å². The summed E-state index contributed by atoms with van der Waals surface area (Å²) in [6, 6.07) is 10.1. The SMILES string of the molecule is Cl.O=C(CNCCO)C1(c2ccccc2)CCCC1. The molecule has 0 spiro atoms. The number of hydrogen-bond donors (Lipinski definition) is 2.